The Morgan fingerprint density at radius 3 is 1.92 bits per heavy atom. The van der Waals surface area contributed by atoms with Gasteiger partial charge in [0, 0.05) is 19.1 Å². The number of rotatable bonds is 6. The van der Waals surface area contributed by atoms with Crippen LogP contribution in [0.2, 0.25) is 0 Å². The van der Waals surface area contributed by atoms with Gasteiger partial charge in [-0.3, -0.25) is 4.79 Å². The topological polar surface area (TPSA) is 107 Å². The summed E-state index contributed by atoms with van der Waals surface area (Å²) in [6.07, 6.45) is 19.5. The van der Waals surface area contributed by atoms with Gasteiger partial charge in [0.2, 0.25) is 5.91 Å². The summed E-state index contributed by atoms with van der Waals surface area (Å²) in [4.78, 5) is 26.0. The van der Waals surface area contributed by atoms with E-state index < -0.39 is 36.0 Å². The smallest absolute Gasteiger partial charge is 0.249 e. The van der Waals surface area contributed by atoms with Crippen molar-refractivity contribution in [2.24, 2.45) is 11.8 Å². The molecule has 0 aromatic carbocycles. The van der Waals surface area contributed by atoms with Crippen LogP contribution in [0.15, 0.2) is 0 Å². The van der Waals surface area contributed by atoms with Crippen LogP contribution < -0.4 is 10.4 Å². The van der Waals surface area contributed by atoms with Crippen molar-refractivity contribution in [3.63, 3.8) is 0 Å². The summed E-state index contributed by atoms with van der Waals surface area (Å²) < 4.78 is 14.6. The van der Waals surface area contributed by atoms with E-state index in [1.54, 1.807) is 0 Å². The number of hydrogen-bond acceptors (Lipinski definition) is 5. The van der Waals surface area contributed by atoms with E-state index in [0.29, 0.717) is 32.3 Å². The predicted octanol–water partition coefficient (Wildman–Crippen LogP) is 2.29. The van der Waals surface area contributed by atoms with Gasteiger partial charge in [0.25, 0.3) is 0 Å². The Balaban J connectivity index is 0.000000207. The number of nitrogens with two attached hydrogens (primary N) is 1. The molecule has 2 unspecified atom stereocenters. The fraction of sp³-hybridized carbons (Fsp3) is 0.931. The molecule has 36 heavy (non-hydrogen) atoms. The zero-order valence-electron chi connectivity index (χ0n) is 23.3. The minimum absolute atomic E-state index is 0.235. The van der Waals surface area contributed by atoms with Crippen molar-refractivity contribution in [1.29, 1.82) is 0 Å². The van der Waals surface area contributed by atoms with Gasteiger partial charge in [0.15, 0.2) is 0 Å². The zero-order chi connectivity index (χ0) is 26.3. The first-order chi connectivity index (χ1) is 17.9. The number of aliphatic carboxylic acids is 1. The van der Waals surface area contributed by atoms with E-state index in [2.05, 4.69) is 5.32 Å². The standard InChI is InChI=1S/C17H27NO5.C12H23N/c19-11-15(20)18-9-8-13(14-7-3-4-10-23-14)17(18,16(21)22)12-5-1-2-6-12;1-3-7-11(8-4-1)13-12-9-5-2-6-10-12/h12-14,19H,1-11H2,(H,21,22);11-13H,1-10H2/t13?,14?,17-;/m0./s1/i14D;. The lowest BCUT2D eigenvalue weighted by Gasteiger charge is -2.49. The second-order valence-corrected chi connectivity index (χ2v) is 11.9. The molecule has 5 rings (SSSR count). The Kier molecular flexibility index (Phi) is 9.96. The Hall–Kier alpha value is -1.18. The molecule has 3 N–H and O–H groups in total. The summed E-state index contributed by atoms with van der Waals surface area (Å²) in [7, 11) is 0. The van der Waals surface area contributed by atoms with Crippen LogP contribution in [0.4, 0.5) is 0 Å². The van der Waals surface area contributed by atoms with Gasteiger partial charge in [0.1, 0.15) is 6.61 Å². The number of amides is 1. The highest BCUT2D eigenvalue weighted by molar-refractivity contribution is 5.88. The summed E-state index contributed by atoms with van der Waals surface area (Å²) in [5.41, 5.74) is -1.53. The maximum atomic E-state index is 12.4. The summed E-state index contributed by atoms with van der Waals surface area (Å²) in [6, 6.07) is 1.99. The second-order valence-electron chi connectivity index (χ2n) is 11.9. The largest absolute Gasteiger partial charge is 0.548 e. The Labute approximate surface area is 219 Å². The highest BCUT2D eigenvalue weighted by Crippen LogP contribution is 2.50. The molecular weight excluding hydrogens is 456 g/mol. The predicted molar refractivity (Wildman–Crippen MR) is 136 cm³/mol. The van der Waals surface area contributed by atoms with Gasteiger partial charge in [-0.15, -0.1) is 0 Å². The van der Waals surface area contributed by atoms with E-state index in [9.17, 15) is 19.8 Å². The molecular formula is C29H50N2O5. The third kappa shape index (κ3) is 6.27. The van der Waals surface area contributed by atoms with Crippen LogP contribution in [0.5, 0.6) is 0 Å². The van der Waals surface area contributed by atoms with Crippen LogP contribution in [-0.4, -0.2) is 65.3 Å². The van der Waals surface area contributed by atoms with Gasteiger partial charge >= 0.3 is 0 Å². The normalized spacial score (nSPS) is 35.2. The molecule has 2 saturated heterocycles. The molecule has 7 nitrogen and oxygen atoms in total. The number of aliphatic hydroxyl groups excluding tert-OH is 1. The molecule has 206 valence electrons. The minimum Gasteiger partial charge on any atom is -0.548 e. The van der Waals surface area contributed by atoms with E-state index in [-0.39, 0.29) is 12.5 Å². The number of carbonyl (C=O) groups is 2. The van der Waals surface area contributed by atoms with E-state index >= 15 is 0 Å². The van der Waals surface area contributed by atoms with Crippen molar-refractivity contribution >= 4 is 11.9 Å². The molecule has 0 bridgehead atoms. The third-order valence-electron chi connectivity index (χ3n) is 9.70. The molecule has 3 atom stereocenters. The number of carboxylic acids is 1. The molecule has 5 aliphatic rings. The van der Waals surface area contributed by atoms with E-state index in [1.165, 1.54) is 69.1 Å². The first kappa shape index (κ1) is 26.4. The highest BCUT2D eigenvalue weighted by Gasteiger charge is 2.59. The average molecular weight is 508 g/mol. The lowest BCUT2D eigenvalue weighted by molar-refractivity contribution is -0.725. The molecule has 0 aromatic rings. The van der Waals surface area contributed by atoms with Crippen molar-refractivity contribution in [3.8, 4) is 0 Å². The van der Waals surface area contributed by atoms with Crippen LogP contribution in [0.3, 0.4) is 0 Å². The van der Waals surface area contributed by atoms with Gasteiger partial charge < -0.3 is 30.0 Å². The molecule has 5 fully saturated rings. The number of aliphatic hydroxyl groups is 1. The van der Waals surface area contributed by atoms with Crippen molar-refractivity contribution in [2.75, 3.05) is 19.8 Å². The minimum atomic E-state index is -1.53. The van der Waals surface area contributed by atoms with Crippen molar-refractivity contribution in [1.82, 2.24) is 4.90 Å². The van der Waals surface area contributed by atoms with Gasteiger partial charge in [0.05, 0.1) is 31.0 Å². The summed E-state index contributed by atoms with van der Waals surface area (Å²) in [5.74, 6) is -2.74. The lowest BCUT2D eigenvalue weighted by atomic mass is 9.70. The van der Waals surface area contributed by atoms with Crippen molar-refractivity contribution in [2.45, 2.75) is 139 Å². The van der Waals surface area contributed by atoms with Crippen LogP contribution >= 0.6 is 0 Å². The van der Waals surface area contributed by atoms with Crippen molar-refractivity contribution in [3.05, 3.63) is 0 Å². The number of quaternary nitrogens is 1. The molecule has 0 spiro atoms. The lowest BCUT2D eigenvalue weighted by Crippen LogP contribution is -2.95. The molecule has 0 aromatic heterocycles. The quantitative estimate of drug-likeness (QED) is 0.574. The summed E-state index contributed by atoms with van der Waals surface area (Å²) in [5, 5.41) is 24.5. The SMILES string of the molecule is C1CCC([NH2+]C2CCCCC2)CC1.[2H]C1(C2CCN(C(=O)CO)[C@@]2(C(=O)[O-])C2CCCC2)CCCCO1. The number of nitrogens with zero attached hydrogens (tertiary/aromatic N) is 1. The molecule has 3 aliphatic carbocycles. The van der Waals surface area contributed by atoms with E-state index in [0.717, 1.165) is 37.8 Å². The van der Waals surface area contributed by atoms with Crippen LogP contribution in [0, 0.1) is 11.8 Å². The molecule has 2 aliphatic heterocycles. The number of likely N-dealkylation sites (tertiary alicyclic amines) is 1. The summed E-state index contributed by atoms with van der Waals surface area (Å²) >= 11 is 0. The first-order valence-electron chi connectivity index (χ1n) is 15.5. The van der Waals surface area contributed by atoms with E-state index in [4.69, 9.17) is 6.11 Å². The van der Waals surface area contributed by atoms with E-state index in [1.807, 2.05) is 0 Å². The third-order valence-corrected chi connectivity index (χ3v) is 9.70. The molecule has 2 heterocycles. The Morgan fingerprint density at radius 1 is 0.861 bits per heavy atom. The average Bonchev–Trinajstić information content (AvgIpc) is 3.60. The molecule has 1 amide bonds. The maximum absolute atomic E-state index is 12.4. The Bertz CT molecular complexity index is 727. The summed E-state index contributed by atoms with van der Waals surface area (Å²) in [6.45, 7) is -0.0411. The number of carboxylic acid groups (broad SMARTS) is 1. The van der Waals surface area contributed by atoms with Gasteiger partial charge in [-0.05, 0) is 95.8 Å². The number of hydrogen-bond donors (Lipinski definition) is 2. The van der Waals surface area contributed by atoms with Crippen molar-refractivity contribution < 1.29 is 31.2 Å². The van der Waals surface area contributed by atoms with Gasteiger partial charge in [-0.1, -0.05) is 25.7 Å². The van der Waals surface area contributed by atoms with Crippen LogP contribution in [0.1, 0.15) is 117 Å². The fourth-order valence-electron chi connectivity index (χ4n) is 7.95. The zero-order valence-corrected chi connectivity index (χ0v) is 22.3. The monoisotopic (exact) mass is 507 g/mol. The molecule has 0 radical (unpaired) electrons. The number of carbonyl (C=O) groups excluding carboxylic acids is 2. The first-order valence-corrected chi connectivity index (χ1v) is 15.0. The molecule has 3 saturated carbocycles. The van der Waals surface area contributed by atoms with Gasteiger partial charge in [-0.2, -0.15) is 0 Å². The fourth-order valence-corrected chi connectivity index (χ4v) is 7.95. The highest BCUT2D eigenvalue weighted by atomic mass is 16.5. The molecule has 7 heteroatoms. The van der Waals surface area contributed by atoms with Crippen LogP contribution in [-0.2, 0) is 14.3 Å². The maximum Gasteiger partial charge on any atom is 0.249 e. The second kappa shape index (κ2) is 13.6. The van der Waals surface area contributed by atoms with Gasteiger partial charge in [-0.25, -0.2) is 0 Å². The number of ether oxygens (including phenoxy) is 1. The van der Waals surface area contributed by atoms with Crippen LogP contribution in [0.25, 0.3) is 0 Å². The Morgan fingerprint density at radius 2 is 1.42 bits per heavy atom.